The third-order valence-corrected chi connectivity index (χ3v) is 1.48. The lowest BCUT2D eigenvalue weighted by Crippen LogP contribution is -2.58. The number of alkyl halides is 8. The highest BCUT2D eigenvalue weighted by Crippen LogP contribution is 2.52. The zero-order chi connectivity index (χ0) is 12.1. The van der Waals surface area contributed by atoms with Gasteiger partial charge in [-0.2, -0.15) is 35.1 Å². The van der Waals surface area contributed by atoms with Gasteiger partial charge in [0.25, 0.3) is 0 Å². The molecule has 0 unspecified atom stereocenters. The van der Waals surface area contributed by atoms with Crippen LogP contribution < -0.4 is 0 Å². The molecule has 15 heavy (non-hydrogen) atoms. The summed E-state index contributed by atoms with van der Waals surface area (Å²) in [7, 11) is 0. The van der Waals surface area contributed by atoms with E-state index in [4.69, 9.17) is 0 Å². The summed E-state index contributed by atoms with van der Waals surface area (Å²) in [5.74, 6) is -5.25. The molecule has 2 nitrogen and oxygen atoms in total. The van der Waals surface area contributed by atoms with Gasteiger partial charge in [-0.05, 0) is 0 Å². The van der Waals surface area contributed by atoms with Crippen molar-refractivity contribution in [3.8, 4) is 0 Å². The van der Waals surface area contributed by atoms with Crippen LogP contribution in [0.15, 0.2) is 0 Å². The number of hydrogen-bond acceptors (Lipinski definition) is 2. The Balaban J connectivity index is 3.13. The molecule has 0 radical (unpaired) electrons. The van der Waals surface area contributed by atoms with Crippen LogP contribution in [-0.4, -0.2) is 30.9 Å². The van der Waals surface area contributed by atoms with Crippen LogP contribution in [0.3, 0.4) is 0 Å². The first-order valence-corrected chi connectivity index (χ1v) is 3.27. The van der Waals surface area contributed by atoms with Crippen molar-refractivity contribution >= 4 is 0 Å². The van der Waals surface area contributed by atoms with E-state index in [1.165, 1.54) is 0 Å². The molecule has 1 heterocycles. The predicted molar refractivity (Wildman–Crippen MR) is 26.8 cm³/mol. The summed E-state index contributed by atoms with van der Waals surface area (Å²) < 4.78 is 102. The predicted octanol–water partition coefficient (Wildman–Crippen LogP) is 2.45. The topological polar surface area (TPSA) is 18.5 Å². The zero-order valence-corrected chi connectivity index (χ0v) is 6.55. The minimum atomic E-state index is -6.13. The Morgan fingerprint density at radius 3 is 1.40 bits per heavy atom. The highest BCUT2D eigenvalue weighted by atomic mass is 19.4. The molecule has 0 saturated carbocycles. The Hall–Kier alpha value is -0.640. The van der Waals surface area contributed by atoms with E-state index in [0.29, 0.717) is 0 Å². The summed E-state index contributed by atoms with van der Waals surface area (Å²) in [6.07, 6.45) is -16.9. The van der Waals surface area contributed by atoms with Gasteiger partial charge in [-0.1, -0.05) is 0 Å². The molecule has 0 atom stereocenters. The molecule has 0 aromatic rings. The molecule has 1 aliphatic rings. The highest BCUT2D eigenvalue weighted by molar-refractivity contribution is 4.92. The summed E-state index contributed by atoms with van der Waals surface area (Å²) in [5.41, 5.74) is 0. The van der Waals surface area contributed by atoms with Crippen LogP contribution in [0.1, 0.15) is 0 Å². The van der Waals surface area contributed by atoms with Gasteiger partial charge in [0, 0.05) is 0 Å². The maximum absolute atomic E-state index is 12.2. The summed E-state index contributed by atoms with van der Waals surface area (Å²) >= 11 is 0. The van der Waals surface area contributed by atoms with E-state index in [9.17, 15) is 35.1 Å². The second kappa shape index (κ2) is 2.94. The normalized spacial score (nSPS) is 25.6. The van der Waals surface area contributed by atoms with Gasteiger partial charge in [0.05, 0.1) is 0 Å². The standard InChI is InChI=1S/C5H2F8O2/c6-2(7)1-14-3(15-2,4(8,9)10)5(11,12)13/h1H2. The minimum absolute atomic E-state index is 2.11. The first kappa shape index (κ1) is 12.4. The van der Waals surface area contributed by atoms with Gasteiger partial charge < -0.3 is 4.74 Å². The molecule has 1 aliphatic heterocycles. The van der Waals surface area contributed by atoms with E-state index in [1.54, 1.807) is 0 Å². The first-order valence-electron chi connectivity index (χ1n) is 3.27. The van der Waals surface area contributed by atoms with E-state index in [0.717, 1.165) is 0 Å². The van der Waals surface area contributed by atoms with Gasteiger partial charge in [-0.15, -0.1) is 0 Å². The molecule has 10 heteroatoms. The van der Waals surface area contributed by atoms with Crippen LogP contribution in [0, 0.1) is 0 Å². The number of ether oxygens (including phenoxy) is 2. The molecule has 1 rings (SSSR count). The third-order valence-electron chi connectivity index (χ3n) is 1.48. The quantitative estimate of drug-likeness (QED) is 0.611. The maximum atomic E-state index is 12.2. The lowest BCUT2D eigenvalue weighted by Gasteiger charge is -2.30. The van der Waals surface area contributed by atoms with Crippen molar-refractivity contribution in [3.63, 3.8) is 0 Å². The van der Waals surface area contributed by atoms with Crippen LogP contribution in [0.25, 0.3) is 0 Å². The Morgan fingerprint density at radius 2 is 1.27 bits per heavy atom. The smallest absolute Gasteiger partial charge is 0.326 e. The van der Waals surface area contributed by atoms with Gasteiger partial charge in [0.15, 0.2) is 0 Å². The molecule has 90 valence electrons. The monoisotopic (exact) mass is 246 g/mol. The van der Waals surface area contributed by atoms with Gasteiger partial charge in [-0.3, -0.25) is 4.74 Å². The third kappa shape index (κ3) is 1.87. The van der Waals surface area contributed by atoms with Gasteiger partial charge in [0.2, 0.25) is 0 Å². The Morgan fingerprint density at radius 1 is 0.867 bits per heavy atom. The first-order chi connectivity index (χ1) is 6.41. The summed E-state index contributed by atoms with van der Waals surface area (Å²) in [6.45, 7) is -2.11. The van der Waals surface area contributed by atoms with Crippen molar-refractivity contribution < 1.29 is 44.6 Å². The van der Waals surface area contributed by atoms with Crippen molar-refractivity contribution in [2.24, 2.45) is 0 Å². The van der Waals surface area contributed by atoms with E-state index >= 15 is 0 Å². The minimum Gasteiger partial charge on any atom is -0.326 e. The molecule has 0 aliphatic carbocycles. The van der Waals surface area contributed by atoms with Gasteiger partial charge >= 0.3 is 24.2 Å². The van der Waals surface area contributed by atoms with Crippen molar-refractivity contribution in [3.05, 3.63) is 0 Å². The average Bonchev–Trinajstić information content (AvgIpc) is 2.23. The van der Waals surface area contributed by atoms with E-state index in [2.05, 4.69) is 9.47 Å². The molecule has 0 N–H and O–H groups in total. The van der Waals surface area contributed by atoms with Crippen LogP contribution in [-0.2, 0) is 9.47 Å². The molecule has 0 spiro atoms. The number of halogens is 8. The van der Waals surface area contributed by atoms with Crippen molar-refractivity contribution in [1.29, 1.82) is 0 Å². The zero-order valence-electron chi connectivity index (χ0n) is 6.55. The molecule has 0 amide bonds. The second-order valence-corrected chi connectivity index (χ2v) is 2.64. The Kier molecular flexibility index (Phi) is 2.43. The van der Waals surface area contributed by atoms with E-state index in [-0.39, 0.29) is 0 Å². The maximum Gasteiger partial charge on any atom is 0.453 e. The van der Waals surface area contributed by atoms with Gasteiger partial charge in [0.1, 0.15) is 6.61 Å². The molecule has 1 fully saturated rings. The second-order valence-electron chi connectivity index (χ2n) is 2.64. The van der Waals surface area contributed by atoms with Crippen molar-refractivity contribution in [1.82, 2.24) is 0 Å². The molecule has 0 aromatic heterocycles. The van der Waals surface area contributed by atoms with Crippen LogP contribution in [0.5, 0.6) is 0 Å². The van der Waals surface area contributed by atoms with Crippen LogP contribution in [0.2, 0.25) is 0 Å². The fraction of sp³-hybridized carbons (Fsp3) is 1.00. The molecule has 1 saturated heterocycles. The van der Waals surface area contributed by atoms with Crippen LogP contribution >= 0.6 is 0 Å². The number of rotatable bonds is 0. The SMILES string of the molecule is FC1(F)COC(C(F)(F)F)(C(F)(F)F)O1. The van der Waals surface area contributed by atoms with Gasteiger partial charge in [-0.25, -0.2) is 0 Å². The molecular weight excluding hydrogens is 244 g/mol. The highest BCUT2D eigenvalue weighted by Gasteiger charge is 2.80. The van der Waals surface area contributed by atoms with E-state index in [1.807, 2.05) is 0 Å². The van der Waals surface area contributed by atoms with Crippen LogP contribution in [0.4, 0.5) is 35.1 Å². The molecule has 0 bridgehead atoms. The van der Waals surface area contributed by atoms with E-state index < -0.39 is 30.9 Å². The van der Waals surface area contributed by atoms with Crippen molar-refractivity contribution in [2.75, 3.05) is 6.61 Å². The lowest BCUT2D eigenvalue weighted by atomic mass is 10.2. The molecular formula is C5H2F8O2. The molecule has 0 aromatic carbocycles. The number of hydrogen-bond donors (Lipinski definition) is 0. The fourth-order valence-corrected chi connectivity index (χ4v) is 0.895. The fourth-order valence-electron chi connectivity index (χ4n) is 0.895. The summed E-state index contributed by atoms with van der Waals surface area (Å²) in [4.78, 5) is 0. The summed E-state index contributed by atoms with van der Waals surface area (Å²) in [6, 6.07) is 0. The lowest BCUT2D eigenvalue weighted by molar-refractivity contribution is -0.460. The van der Waals surface area contributed by atoms with Crippen molar-refractivity contribution in [2.45, 2.75) is 24.2 Å². The largest absolute Gasteiger partial charge is 0.453 e. The summed E-state index contributed by atoms with van der Waals surface area (Å²) in [5, 5.41) is 0. The average molecular weight is 246 g/mol. The Bertz CT molecular complexity index is 239. The Labute approximate surface area is 76.7 Å².